The van der Waals surface area contributed by atoms with Crippen molar-refractivity contribution >= 4 is 5.91 Å². The fourth-order valence-corrected chi connectivity index (χ4v) is 5.06. The maximum Gasteiger partial charge on any atom is 0.229 e. The van der Waals surface area contributed by atoms with E-state index in [1.165, 1.54) is 48.1 Å². The number of nitrogens with zero attached hydrogens (tertiary/aromatic N) is 1. The van der Waals surface area contributed by atoms with Gasteiger partial charge < -0.3 is 19.8 Å². The number of hydrogen-bond donors (Lipinski definition) is 1. The maximum atomic E-state index is 12.3. The number of hydrogen-bond acceptors (Lipinski definition) is 3. The first-order valence-electron chi connectivity index (χ1n) is 11.2. The van der Waals surface area contributed by atoms with Crippen molar-refractivity contribution in [1.29, 1.82) is 0 Å². The van der Waals surface area contributed by atoms with E-state index in [1.54, 1.807) is 7.11 Å². The fourth-order valence-electron chi connectivity index (χ4n) is 5.06. The van der Waals surface area contributed by atoms with Gasteiger partial charge >= 0.3 is 0 Å². The molecule has 1 aromatic carbocycles. The number of amides is 1. The summed E-state index contributed by atoms with van der Waals surface area (Å²) in [5, 5.41) is 0. The van der Waals surface area contributed by atoms with E-state index < -0.39 is 5.41 Å². The number of aromatic nitrogens is 1. The number of nitrogens with two attached hydrogens (primary N) is 1. The van der Waals surface area contributed by atoms with Gasteiger partial charge in [-0.2, -0.15) is 0 Å². The van der Waals surface area contributed by atoms with E-state index in [9.17, 15) is 4.79 Å². The van der Waals surface area contributed by atoms with Crippen molar-refractivity contribution in [2.24, 2.45) is 5.73 Å². The molecule has 0 bridgehead atoms. The zero-order valence-electron chi connectivity index (χ0n) is 18.9. The second-order valence-electron chi connectivity index (χ2n) is 9.53. The topological polar surface area (TPSA) is 66.5 Å². The number of benzene rings is 1. The predicted octanol–water partition coefficient (Wildman–Crippen LogP) is 4.93. The highest BCUT2D eigenvalue weighted by molar-refractivity contribution is 5.86. The van der Waals surface area contributed by atoms with Crippen LogP contribution in [-0.2, 0) is 23.2 Å². The van der Waals surface area contributed by atoms with Gasteiger partial charge in [0, 0.05) is 17.8 Å². The van der Waals surface area contributed by atoms with E-state index in [0.29, 0.717) is 5.92 Å². The molecule has 2 N–H and O–H groups in total. The Balaban J connectivity index is 1.94. The lowest BCUT2D eigenvalue weighted by molar-refractivity contribution is -0.122. The smallest absolute Gasteiger partial charge is 0.229 e. The van der Waals surface area contributed by atoms with Gasteiger partial charge in [0.1, 0.15) is 0 Å². The highest BCUT2D eigenvalue weighted by atomic mass is 16.5. The summed E-state index contributed by atoms with van der Waals surface area (Å²) >= 11 is 0. The number of carbonyl (C=O) groups excluding carboxylic acids is 1. The molecule has 1 amide bonds. The van der Waals surface area contributed by atoms with E-state index in [1.807, 2.05) is 27.7 Å². The van der Waals surface area contributed by atoms with Gasteiger partial charge in [-0.1, -0.05) is 12.8 Å². The Bertz CT molecular complexity index is 965. The lowest BCUT2D eigenvalue weighted by Gasteiger charge is -2.29. The predicted molar refractivity (Wildman–Crippen MR) is 119 cm³/mol. The van der Waals surface area contributed by atoms with Crippen LogP contribution in [0.4, 0.5) is 0 Å². The van der Waals surface area contributed by atoms with Crippen molar-refractivity contribution in [1.82, 2.24) is 4.57 Å². The van der Waals surface area contributed by atoms with Crippen molar-refractivity contribution < 1.29 is 14.3 Å². The zero-order valence-corrected chi connectivity index (χ0v) is 18.9. The monoisotopic (exact) mass is 410 g/mol. The van der Waals surface area contributed by atoms with E-state index in [4.69, 9.17) is 15.2 Å². The average Bonchev–Trinajstić information content (AvgIpc) is 3.34. The van der Waals surface area contributed by atoms with E-state index >= 15 is 0 Å². The Hall–Kier alpha value is -2.43. The Morgan fingerprint density at radius 3 is 2.47 bits per heavy atom. The van der Waals surface area contributed by atoms with Crippen LogP contribution < -0.4 is 15.2 Å². The van der Waals surface area contributed by atoms with Gasteiger partial charge in [0.25, 0.3) is 0 Å². The minimum Gasteiger partial charge on any atom is -0.493 e. The summed E-state index contributed by atoms with van der Waals surface area (Å²) in [6.45, 7) is 8.77. The maximum absolute atomic E-state index is 12.3. The molecule has 30 heavy (non-hydrogen) atoms. The Kier molecular flexibility index (Phi) is 5.33. The lowest BCUT2D eigenvalue weighted by atomic mass is 9.87. The number of rotatable bonds is 6. The normalized spacial score (nSPS) is 16.5. The zero-order chi connectivity index (χ0) is 21.6. The molecule has 0 saturated heterocycles. The van der Waals surface area contributed by atoms with E-state index in [-0.39, 0.29) is 12.0 Å². The first kappa shape index (κ1) is 20.8. The summed E-state index contributed by atoms with van der Waals surface area (Å²) in [5.41, 5.74) is 11.2. The SMILES string of the molecule is COc1cc2c(cc1OC(C)C)-c1c(C3CCCC3)cc(C(C)(C)C(N)=O)n1CC2. The summed E-state index contributed by atoms with van der Waals surface area (Å²) < 4.78 is 14.1. The van der Waals surface area contributed by atoms with Crippen molar-refractivity contribution in [2.75, 3.05) is 7.11 Å². The van der Waals surface area contributed by atoms with Gasteiger partial charge in [0.05, 0.1) is 24.3 Å². The number of aryl methyl sites for hydroxylation is 1. The third-order valence-electron chi connectivity index (χ3n) is 6.79. The van der Waals surface area contributed by atoms with Crippen LogP contribution in [0, 0.1) is 0 Å². The number of fused-ring (bicyclic) bond motifs is 3. The van der Waals surface area contributed by atoms with Crippen molar-refractivity contribution in [3.63, 3.8) is 0 Å². The quantitative estimate of drug-likeness (QED) is 0.734. The van der Waals surface area contributed by atoms with Crippen LogP contribution in [0.3, 0.4) is 0 Å². The molecule has 5 nitrogen and oxygen atoms in total. The molecular weight excluding hydrogens is 376 g/mol. The third-order valence-corrected chi connectivity index (χ3v) is 6.79. The average molecular weight is 411 g/mol. The highest BCUT2D eigenvalue weighted by Gasteiger charge is 2.37. The van der Waals surface area contributed by atoms with Gasteiger partial charge in [0.2, 0.25) is 5.91 Å². The molecule has 1 saturated carbocycles. The Labute approximate surface area is 179 Å². The van der Waals surface area contributed by atoms with Crippen LogP contribution in [0.5, 0.6) is 11.5 Å². The molecule has 0 spiro atoms. The molecule has 1 fully saturated rings. The molecule has 5 heteroatoms. The summed E-state index contributed by atoms with van der Waals surface area (Å²) in [5.74, 6) is 1.80. The van der Waals surface area contributed by atoms with Crippen LogP contribution in [0.15, 0.2) is 18.2 Å². The van der Waals surface area contributed by atoms with E-state index in [2.05, 4.69) is 22.8 Å². The molecule has 2 aliphatic rings. The van der Waals surface area contributed by atoms with Gasteiger partial charge in [-0.05, 0) is 82.2 Å². The molecule has 1 aromatic heterocycles. The Morgan fingerprint density at radius 1 is 1.17 bits per heavy atom. The molecule has 0 unspecified atom stereocenters. The van der Waals surface area contributed by atoms with Crippen molar-refractivity contribution in [3.8, 4) is 22.8 Å². The molecule has 162 valence electrons. The number of ether oxygens (including phenoxy) is 2. The van der Waals surface area contributed by atoms with Gasteiger partial charge in [-0.3, -0.25) is 4.79 Å². The first-order valence-corrected chi connectivity index (χ1v) is 11.2. The molecule has 4 rings (SSSR count). The number of primary amides is 1. The lowest BCUT2D eigenvalue weighted by Crippen LogP contribution is -2.37. The standard InChI is InChI=1S/C25H34N2O3/c1-15(2)30-21-13-18-17(12-20(21)29-5)10-11-27-22(25(3,4)24(26)28)14-19(23(18)27)16-8-6-7-9-16/h12-16H,6-11H2,1-5H3,(H2,26,28). The van der Waals surface area contributed by atoms with Crippen molar-refractivity contribution in [3.05, 3.63) is 35.0 Å². The summed E-state index contributed by atoms with van der Waals surface area (Å²) in [7, 11) is 1.69. The van der Waals surface area contributed by atoms with Crippen LogP contribution in [0.25, 0.3) is 11.3 Å². The van der Waals surface area contributed by atoms with E-state index in [0.717, 1.165) is 30.2 Å². The molecule has 0 radical (unpaired) electrons. The Morgan fingerprint density at radius 2 is 1.87 bits per heavy atom. The van der Waals surface area contributed by atoms with Crippen LogP contribution in [0.2, 0.25) is 0 Å². The second kappa shape index (κ2) is 7.68. The number of methoxy groups -OCH3 is 1. The largest absolute Gasteiger partial charge is 0.493 e. The second-order valence-corrected chi connectivity index (χ2v) is 9.53. The summed E-state index contributed by atoms with van der Waals surface area (Å²) in [6, 6.07) is 6.53. The molecule has 2 aromatic rings. The van der Waals surface area contributed by atoms with Crippen LogP contribution in [-0.4, -0.2) is 23.7 Å². The van der Waals surface area contributed by atoms with Crippen LogP contribution >= 0.6 is 0 Å². The molecule has 1 aliphatic heterocycles. The number of carbonyl (C=O) groups is 1. The molecule has 2 heterocycles. The minimum atomic E-state index is -0.715. The molecule has 0 atom stereocenters. The van der Waals surface area contributed by atoms with Gasteiger partial charge in [-0.25, -0.2) is 0 Å². The molecule has 1 aliphatic carbocycles. The first-order chi connectivity index (χ1) is 14.2. The molecular formula is C25H34N2O3. The highest BCUT2D eigenvalue weighted by Crippen LogP contribution is 2.47. The summed E-state index contributed by atoms with van der Waals surface area (Å²) in [6.07, 6.45) is 5.89. The van der Waals surface area contributed by atoms with Gasteiger partial charge in [0.15, 0.2) is 11.5 Å². The fraction of sp³-hybridized carbons (Fsp3) is 0.560. The minimum absolute atomic E-state index is 0.0611. The third kappa shape index (κ3) is 3.38. The summed E-state index contributed by atoms with van der Waals surface area (Å²) in [4.78, 5) is 12.3. The van der Waals surface area contributed by atoms with Crippen molar-refractivity contribution in [2.45, 2.75) is 83.8 Å². The van der Waals surface area contributed by atoms with Crippen LogP contribution in [0.1, 0.15) is 76.1 Å². The van der Waals surface area contributed by atoms with Gasteiger partial charge in [-0.15, -0.1) is 0 Å².